The van der Waals surface area contributed by atoms with E-state index in [1.165, 1.54) is 57.8 Å². The van der Waals surface area contributed by atoms with Gasteiger partial charge in [-0.25, -0.2) is 0 Å². The van der Waals surface area contributed by atoms with Crippen LogP contribution in [-0.4, -0.2) is 117 Å². The molecule has 0 saturated carbocycles. The smallest absolute Gasteiger partial charge is 0.187 e. The predicted molar refractivity (Wildman–Crippen MR) is 135 cm³/mol. The molecule has 0 aromatic carbocycles. The van der Waals surface area contributed by atoms with Gasteiger partial charge in [-0.1, -0.05) is 77.6 Å². The van der Waals surface area contributed by atoms with Gasteiger partial charge >= 0.3 is 0 Å². The molecule has 10 atom stereocenters. The van der Waals surface area contributed by atoms with Crippen LogP contribution in [0.15, 0.2) is 0 Å². The van der Waals surface area contributed by atoms with Gasteiger partial charge in [0.05, 0.1) is 19.3 Å². The molecule has 11 heteroatoms. The van der Waals surface area contributed by atoms with E-state index in [9.17, 15) is 35.7 Å². The number of hydrogen-bond acceptors (Lipinski definition) is 11. The Kier molecular flexibility index (Phi) is 16.0. The summed E-state index contributed by atoms with van der Waals surface area (Å²) >= 11 is 0. The molecule has 2 aliphatic heterocycles. The summed E-state index contributed by atoms with van der Waals surface area (Å²) in [6.07, 6.45) is 2.08. The van der Waals surface area contributed by atoms with Crippen molar-refractivity contribution in [1.82, 2.24) is 5.32 Å². The zero-order valence-corrected chi connectivity index (χ0v) is 22.2. The molecule has 2 saturated heterocycles. The van der Waals surface area contributed by atoms with Crippen molar-refractivity contribution in [3.05, 3.63) is 0 Å². The highest BCUT2D eigenvalue weighted by Gasteiger charge is 2.50. The van der Waals surface area contributed by atoms with Gasteiger partial charge in [0.1, 0.15) is 42.7 Å². The van der Waals surface area contributed by atoms with Crippen molar-refractivity contribution in [3.8, 4) is 0 Å². The van der Waals surface area contributed by atoms with E-state index in [-0.39, 0.29) is 0 Å². The minimum Gasteiger partial charge on any atom is -0.394 e. The molecular weight excluding hydrogens is 486 g/mol. The van der Waals surface area contributed by atoms with Crippen molar-refractivity contribution in [3.63, 3.8) is 0 Å². The molecule has 2 heterocycles. The SMILES string of the molecule is CCCCCCCCCCCCCCN[C@H]1C(O)O[C@H](CO)[C@@H](O[C@@H]2O[C@H](CO)[C@H](O)[C@H](O)[C@H]2O)[C@@H]1O. The van der Waals surface area contributed by atoms with Gasteiger partial charge in [0.15, 0.2) is 12.6 Å². The minimum absolute atomic E-state index is 0.538. The Hall–Kier alpha value is -0.440. The first-order valence-electron chi connectivity index (χ1n) is 14.2. The highest BCUT2D eigenvalue weighted by molar-refractivity contribution is 4.96. The van der Waals surface area contributed by atoms with Crippen molar-refractivity contribution in [2.75, 3.05) is 19.8 Å². The first kappa shape index (κ1) is 32.8. The first-order chi connectivity index (χ1) is 17.8. The van der Waals surface area contributed by atoms with Gasteiger partial charge in [0, 0.05) is 0 Å². The molecule has 0 bridgehead atoms. The van der Waals surface area contributed by atoms with E-state index in [0.717, 1.165) is 19.3 Å². The summed E-state index contributed by atoms with van der Waals surface area (Å²) < 4.78 is 16.5. The monoisotopic (exact) mass is 537 g/mol. The lowest BCUT2D eigenvalue weighted by molar-refractivity contribution is -0.345. The van der Waals surface area contributed by atoms with Crippen LogP contribution < -0.4 is 5.32 Å². The zero-order chi connectivity index (χ0) is 27.2. The maximum atomic E-state index is 10.9. The molecule has 0 aromatic heterocycles. The fourth-order valence-electron chi connectivity index (χ4n) is 5.04. The van der Waals surface area contributed by atoms with Crippen LogP contribution in [0.3, 0.4) is 0 Å². The summed E-state index contributed by atoms with van der Waals surface area (Å²) in [5.74, 6) is 0. The molecule has 11 nitrogen and oxygen atoms in total. The van der Waals surface area contributed by atoms with Crippen molar-refractivity contribution < 1.29 is 50.0 Å². The van der Waals surface area contributed by atoms with Gasteiger partial charge in [-0.05, 0) is 13.0 Å². The Morgan fingerprint density at radius 3 is 1.70 bits per heavy atom. The average molecular weight is 538 g/mol. The van der Waals surface area contributed by atoms with Crippen molar-refractivity contribution >= 4 is 0 Å². The summed E-state index contributed by atoms with van der Waals surface area (Å²) in [6.45, 7) is 1.56. The van der Waals surface area contributed by atoms with Gasteiger partial charge in [0.2, 0.25) is 0 Å². The normalized spacial score (nSPS) is 36.6. The van der Waals surface area contributed by atoms with E-state index in [2.05, 4.69) is 12.2 Å². The fraction of sp³-hybridized carbons (Fsp3) is 1.00. The summed E-state index contributed by atoms with van der Waals surface area (Å²) in [7, 11) is 0. The molecule has 0 aliphatic carbocycles. The number of ether oxygens (including phenoxy) is 3. The van der Waals surface area contributed by atoms with Gasteiger partial charge in [-0.3, -0.25) is 0 Å². The summed E-state index contributed by atoms with van der Waals surface area (Å²) in [6, 6.07) is -0.912. The Morgan fingerprint density at radius 2 is 1.16 bits per heavy atom. The molecule has 8 N–H and O–H groups in total. The van der Waals surface area contributed by atoms with Crippen LogP contribution in [0, 0.1) is 0 Å². The number of hydrogen-bond donors (Lipinski definition) is 8. The molecule has 2 fully saturated rings. The largest absolute Gasteiger partial charge is 0.394 e. The minimum atomic E-state index is -1.66. The maximum absolute atomic E-state index is 10.9. The third kappa shape index (κ3) is 10.2. The van der Waals surface area contributed by atoms with E-state index >= 15 is 0 Å². The average Bonchev–Trinajstić information content (AvgIpc) is 2.89. The highest BCUT2D eigenvalue weighted by atomic mass is 16.7. The summed E-state index contributed by atoms with van der Waals surface area (Å²) in [4.78, 5) is 0. The standard InChI is InChI=1S/C26H51NO10/c1-2-3-4-5-6-7-8-9-10-11-12-13-14-27-19-21(31)24(18(16-29)35-25(19)34)37-26-23(33)22(32)20(30)17(15-28)36-26/h17-34H,2-16H2,1H3/t17-,18-,19-,20+,21-,22+,23-,24-,25?,26+/m1/s1. The van der Waals surface area contributed by atoms with Crippen molar-refractivity contribution in [1.29, 1.82) is 0 Å². The molecule has 0 radical (unpaired) electrons. The van der Waals surface area contributed by atoms with Crippen LogP contribution >= 0.6 is 0 Å². The van der Waals surface area contributed by atoms with Crippen LogP contribution in [0.25, 0.3) is 0 Å². The van der Waals surface area contributed by atoms with Crippen molar-refractivity contribution in [2.45, 2.75) is 145 Å². The third-order valence-electron chi connectivity index (χ3n) is 7.42. The molecule has 0 amide bonds. The van der Waals surface area contributed by atoms with E-state index in [0.29, 0.717) is 6.54 Å². The van der Waals surface area contributed by atoms with Crippen LogP contribution in [-0.2, 0) is 14.2 Å². The Labute approximate surface area is 220 Å². The van der Waals surface area contributed by atoms with Gasteiger partial charge in [-0.2, -0.15) is 0 Å². The number of rotatable bonds is 18. The maximum Gasteiger partial charge on any atom is 0.187 e. The number of aliphatic hydroxyl groups excluding tert-OH is 7. The van der Waals surface area contributed by atoms with Crippen LogP contribution in [0.4, 0.5) is 0 Å². The van der Waals surface area contributed by atoms with E-state index in [4.69, 9.17) is 14.2 Å². The lowest BCUT2D eigenvalue weighted by Gasteiger charge is -2.46. The number of unbranched alkanes of at least 4 members (excludes halogenated alkanes) is 11. The molecule has 0 spiro atoms. The molecule has 37 heavy (non-hydrogen) atoms. The van der Waals surface area contributed by atoms with Gasteiger partial charge in [-0.15, -0.1) is 0 Å². The first-order valence-corrected chi connectivity index (χ1v) is 14.2. The molecule has 1 unspecified atom stereocenters. The van der Waals surface area contributed by atoms with Crippen LogP contribution in [0.2, 0.25) is 0 Å². The zero-order valence-electron chi connectivity index (χ0n) is 22.2. The second kappa shape index (κ2) is 18.0. The highest BCUT2D eigenvalue weighted by Crippen LogP contribution is 2.28. The van der Waals surface area contributed by atoms with Gasteiger partial charge < -0.3 is 55.3 Å². The van der Waals surface area contributed by atoms with Crippen LogP contribution in [0.5, 0.6) is 0 Å². The number of aliphatic hydroxyl groups is 7. The topological polar surface area (TPSA) is 181 Å². The molecule has 220 valence electrons. The van der Waals surface area contributed by atoms with E-state index < -0.39 is 74.6 Å². The van der Waals surface area contributed by atoms with Crippen LogP contribution in [0.1, 0.15) is 84.0 Å². The lowest BCUT2D eigenvalue weighted by atomic mass is 9.95. The molecule has 0 aromatic rings. The Balaban J connectivity index is 1.72. The Bertz CT molecular complexity index is 586. The molecule has 2 rings (SSSR count). The van der Waals surface area contributed by atoms with Gasteiger partial charge in [0.25, 0.3) is 0 Å². The fourth-order valence-corrected chi connectivity index (χ4v) is 5.04. The summed E-state index contributed by atoms with van der Waals surface area (Å²) in [5, 5.41) is 73.6. The second-order valence-electron chi connectivity index (χ2n) is 10.4. The van der Waals surface area contributed by atoms with Crippen molar-refractivity contribution in [2.24, 2.45) is 0 Å². The number of nitrogens with one attached hydrogen (secondary N) is 1. The predicted octanol–water partition coefficient (Wildman–Crippen LogP) is -0.0988. The lowest BCUT2D eigenvalue weighted by Crippen LogP contribution is -2.66. The quantitative estimate of drug-likeness (QED) is 0.109. The molecular formula is C26H51NO10. The summed E-state index contributed by atoms with van der Waals surface area (Å²) in [5.41, 5.74) is 0. The van der Waals surface area contributed by atoms with E-state index in [1.54, 1.807) is 0 Å². The third-order valence-corrected chi connectivity index (χ3v) is 7.42. The van der Waals surface area contributed by atoms with E-state index in [1.807, 2.05) is 0 Å². The molecule has 2 aliphatic rings. The Morgan fingerprint density at radius 1 is 0.622 bits per heavy atom. The second-order valence-corrected chi connectivity index (χ2v) is 10.4.